The third kappa shape index (κ3) is 1.62. The highest BCUT2D eigenvalue weighted by atomic mass is 16.4. The van der Waals surface area contributed by atoms with Crippen molar-refractivity contribution in [1.29, 1.82) is 0 Å². The lowest BCUT2D eigenvalue weighted by Gasteiger charge is -2.18. The third-order valence-electron chi connectivity index (χ3n) is 3.12. The minimum atomic E-state index is -0.901. The van der Waals surface area contributed by atoms with Crippen LogP contribution in [0, 0.1) is 0 Å². The van der Waals surface area contributed by atoms with Crippen LogP contribution in [-0.4, -0.2) is 30.5 Å². The number of nitrogens with zero attached hydrogens (tertiary/aromatic N) is 2. The molecule has 0 radical (unpaired) electrons. The summed E-state index contributed by atoms with van der Waals surface area (Å²) < 4.78 is 0. The van der Waals surface area contributed by atoms with Gasteiger partial charge in [-0.2, -0.15) is 0 Å². The zero-order valence-electron chi connectivity index (χ0n) is 9.71. The number of aromatic carboxylic acids is 1. The Hall–Kier alpha value is -2.36. The Morgan fingerprint density at radius 2 is 2.06 bits per heavy atom. The van der Waals surface area contributed by atoms with Gasteiger partial charge in [-0.15, -0.1) is 0 Å². The van der Waals surface area contributed by atoms with E-state index in [1.165, 1.54) is 0 Å². The number of hydrogen-bond donors (Lipinski definition) is 1. The minimum Gasteiger partial charge on any atom is -0.478 e. The van der Waals surface area contributed by atoms with Gasteiger partial charge in [0, 0.05) is 6.54 Å². The second-order valence-electron chi connectivity index (χ2n) is 4.20. The fourth-order valence-corrected chi connectivity index (χ4v) is 2.29. The van der Waals surface area contributed by atoms with Crippen LogP contribution in [0.5, 0.6) is 0 Å². The summed E-state index contributed by atoms with van der Waals surface area (Å²) in [7, 11) is 0. The van der Waals surface area contributed by atoms with Crippen molar-refractivity contribution >= 4 is 28.8 Å². The lowest BCUT2D eigenvalue weighted by molar-refractivity contribution is 0.0700. The molecule has 3 rings (SSSR count). The Morgan fingerprint density at radius 3 is 2.78 bits per heavy atom. The van der Waals surface area contributed by atoms with E-state index >= 15 is 0 Å². The standard InChI is InChI=1S/C14H12N2O2/c17-14(18)13-11-4-2-1-3-10(11)5-6-12(13)16-8-7-15-9-16/h1-6,9H,7-8H2,(H,17,18). The summed E-state index contributed by atoms with van der Waals surface area (Å²) in [6.07, 6.45) is 1.70. The second kappa shape index (κ2) is 4.14. The van der Waals surface area contributed by atoms with Crippen molar-refractivity contribution in [2.45, 2.75) is 0 Å². The second-order valence-corrected chi connectivity index (χ2v) is 4.20. The number of carbonyl (C=O) groups is 1. The number of benzene rings is 2. The van der Waals surface area contributed by atoms with Crippen LogP contribution >= 0.6 is 0 Å². The van der Waals surface area contributed by atoms with Crippen molar-refractivity contribution in [2.75, 3.05) is 18.0 Å². The van der Waals surface area contributed by atoms with Crippen LogP contribution in [0.1, 0.15) is 10.4 Å². The summed E-state index contributed by atoms with van der Waals surface area (Å²) in [6, 6.07) is 11.3. The molecule has 2 aromatic carbocycles. The van der Waals surface area contributed by atoms with Gasteiger partial charge in [0.2, 0.25) is 0 Å². The SMILES string of the molecule is O=C(O)c1c(N2C=NCC2)ccc2ccccc12. The molecule has 0 aromatic heterocycles. The minimum absolute atomic E-state index is 0.349. The van der Waals surface area contributed by atoms with Gasteiger partial charge >= 0.3 is 5.97 Å². The van der Waals surface area contributed by atoms with Crippen LogP contribution in [0.2, 0.25) is 0 Å². The number of anilines is 1. The maximum Gasteiger partial charge on any atom is 0.338 e. The number of rotatable bonds is 2. The van der Waals surface area contributed by atoms with Crippen molar-refractivity contribution in [3.8, 4) is 0 Å². The summed E-state index contributed by atoms with van der Waals surface area (Å²) >= 11 is 0. The smallest absolute Gasteiger partial charge is 0.338 e. The molecule has 4 heteroatoms. The zero-order chi connectivity index (χ0) is 12.5. The molecule has 0 atom stereocenters. The van der Waals surface area contributed by atoms with E-state index in [1.807, 2.05) is 41.3 Å². The molecule has 0 aliphatic carbocycles. The molecule has 1 heterocycles. The normalized spacial score (nSPS) is 14.3. The van der Waals surface area contributed by atoms with E-state index in [0.29, 0.717) is 17.8 Å². The first-order valence-electron chi connectivity index (χ1n) is 5.79. The molecule has 0 saturated heterocycles. The maximum atomic E-state index is 11.5. The van der Waals surface area contributed by atoms with Gasteiger partial charge in [-0.25, -0.2) is 4.79 Å². The van der Waals surface area contributed by atoms with Crippen molar-refractivity contribution in [1.82, 2.24) is 0 Å². The average Bonchev–Trinajstić information content (AvgIpc) is 2.90. The molecule has 0 amide bonds. The van der Waals surface area contributed by atoms with Crippen LogP contribution < -0.4 is 4.90 Å². The van der Waals surface area contributed by atoms with Gasteiger partial charge in [0.05, 0.1) is 24.1 Å². The molecule has 4 nitrogen and oxygen atoms in total. The first-order valence-corrected chi connectivity index (χ1v) is 5.79. The number of aliphatic imine (C=N–C) groups is 1. The summed E-state index contributed by atoms with van der Waals surface area (Å²) in [6.45, 7) is 1.45. The summed E-state index contributed by atoms with van der Waals surface area (Å²) in [4.78, 5) is 17.5. The Labute approximate surface area is 104 Å². The van der Waals surface area contributed by atoms with Gasteiger partial charge in [0.25, 0.3) is 0 Å². The number of carboxylic acid groups (broad SMARTS) is 1. The van der Waals surface area contributed by atoms with Gasteiger partial charge < -0.3 is 10.0 Å². The number of fused-ring (bicyclic) bond motifs is 1. The Balaban J connectivity index is 2.28. The van der Waals surface area contributed by atoms with Gasteiger partial charge in [0.1, 0.15) is 0 Å². The Bertz CT molecular complexity index is 649. The molecule has 1 aliphatic rings. The van der Waals surface area contributed by atoms with Gasteiger partial charge in [0.15, 0.2) is 0 Å². The highest BCUT2D eigenvalue weighted by molar-refractivity contribution is 6.10. The molecule has 18 heavy (non-hydrogen) atoms. The molecule has 0 fully saturated rings. The van der Waals surface area contributed by atoms with Crippen molar-refractivity contribution < 1.29 is 9.90 Å². The van der Waals surface area contributed by atoms with E-state index < -0.39 is 5.97 Å². The summed E-state index contributed by atoms with van der Waals surface area (Å²) in [5.41, 5.74) is 1.06. The lowest BCUT2D eigenvalue weighted by atomic mass is 10.0. The predicted molar refractivity (Wildman–Crippen MR) is 71.6 cm³/mol. The first-order chi connectivity index (χ1) is 8.77. The molecular weight excluding hydrogens is 228 g/mol. The maximum absolute atomic E-state index is 11.5. The molecule has 1 N–H and O–H groups in total. The van der Waals surface area contributed by atoms with Crippen LogP contribution in [0.3, 0.4) is 0 Å². The zero-order valence-corrected chi connectivity index (χ0v) is 9.71. The topological polar surface area (TPSA) is 52.9 Å². The fourth-order valence-electron chi connectivity index (χ4n) is 2.29. The first kappa shape index (κ1) is 10.8. The molecular formula is C14H12N2O2. The Kier molecular flexibility index (Phi) is 2.48. The highest BCUT2D eigenvalue weighted by Crippen LogP contribution is 2.29. The van der Waals surface area contributed by atoms with Crippen LogP contribution in [0.25, 0.3) is 10.8 Å². The summed E-state index contributed by atoms with van der Waals surface area (Å²) in [5, 5.41) is 11.2. The van der Waals surface area contributed by atoms with Crippen LogP contribution in [0.15, 0.2) is 41.4 Å². The largest absolute Gasteiger partial charge is 0.478 e. The van der Waals surface area contributed by atoms with Crippen LogP contribution in [-0.2, 0) is 0 Å². The van der Waals surface area contributed by atoms with E-state index in [1.54, 1.807) is 6.34 Å². The Morgan fingerprint density at radius 1 is 1.22 bits per heavy atom. The van der Waals surface area contributed by atoms with E-state index in [2.05, 4.69) is 4.99 Å². The van der Waals surface area contributed by atoms with E-state index in [9.17, 15) is 9.90 Å². The molecule has 2 aromatic rings. The van der Waals surface area contributed by atoms with Crippen LogP contribution in [0.4, 0.5) is 5.69 Å². The third-order valence-corrected chi connectivity index (χ3v) is 3.12. The quantitative estimate of drug-likeness (QED) is 0.876. The fraction of sp³-hybridized carbons (Fsp3) is 0.143. The van der Waals surface area contributed by atoms with E-state index in [-0.39, 0.29) is 0 Å². The average molecular weight is 240 g/mol. The number of hydrogen-bond acceptors (Lipinski definition) is 3. The lowest BCUT2D eigenvalue weighted by Crippen LogP contribution is -2.21. The highest BCUT2D eigenvalue weighted by Gasteiger charge is 2.19. The summed E-state index contributed by atoms with van der Waals surface area (Å²) in [5.74, 6) is -0.901. The monoisotopic (exact) mass is 240 g/mol. The van der Waals surface area contributed by atoms with Gasteiger partial charge in [-0.1, -0.05) is 30.3 Å². The van der Waals surface area contributed by atoms with E-state index in [4.69, 9.17) is 0 Å². The molecule has 90 valence electrons. The van der Waals surface area contributed by atoms with Gasteiger partial charge in [-0.05, 0) is 16.8 Å². The van der Waals surface area contributed by atoms with Crippen molar-refractivity contribution in [3.63, 3.8) is 0 Å². The molecule has 0 spiro atoms. The molecule has 0 unspecified atom stereocenters. The molecule has 0 saturated carbocycles. The van der Waals surface area contributed by atoms with Gasteiger partial charge in [-0.3, -0.25) is 4.99 Å². The number of carboxylic acids is 1. The molecule has 0 bridgehead atoms. The van der Waals surface area contributed by atoms with Crippen molar-refractivity contribution in [3.05, 3.63) is 42.0 Å². The van der Waals surface area contributed by atoms with E-state index in [0.717, 1.165) is 17.3 Å². The van der Waals surface area contributed by atoms with Crippen molar-refractivity contribution in [2.24, 2.45) is 4.99 Å². The molecule has 1 aliphatic heterocycles. The predicted octanol–water partition coefficient (Wildman–Crippen LogP) is 2.39.